The molecule has 2 heterocycles. The number of hydrogen-bond donors (Lipinski definition) is 1. The summed E-state index contributed by atoms with van der Waals surface area (Å²) in [5.74, 6) is 0. The summed E-state index contributed by atoms with van der Waals surface area (Å²) in [7, 11) is 1.96. The van der Waals surface area contributed by atoms with Crippen LogP contribution in [0.4, 0.5) is 5.69 Å². The van der Waals surface area contributed by atoms with Gasteiger partial charge in [0, 0.05) is 37.9 Å². The number of likely N-dealkylation sites (tertiary alicyclic amines) is 1. The predicted molar refractivity (Wildman–Crippen MR) is 64.4 cm³/mol. The van der Waals surface area contributed by atoms with Gasteiger partial charge in [-0.25, -0.2) is 0 Å². The van der Waals surface area contributed by atoms with E-state index in [2.05, 4.69) is 22.2 Å². The summed E-state index contributed by atoms with van der Waals surface area (Å²) < 4.78 is 1.85. The van der Waals surface area contributed by atoms with Crippen molar-refractivity contribution < 1.29 is 0 Å². The van der Waals surface area contributed by atoms with Gasteiger partial charge in [0.2, 0.25) is 0 Å². The van der Waals surface area contributed by atoms with E-state index in [0.717, 1.165) is 17.8 Å². The summed E-state index contributed by atoms with van der Waals surface area (Å²) in [4.78, 5) is 2.66. The van der Waals surface area contributed by atoms with Gasteiger partial charge < -0.3 is 5.32 Å². The molecule has 1 aliphatic heterocycles. The molecule has 1 aliphatic carbocycles. The highest BCUT2D eigenvalue weighted by Crippen LogP contribution is 2.33. The molecule has 1 saturated carbocycles. The van der Waals surface area contributed by atoms with Gasteiger partial charge in [0.05, 0.1) is 11.9 Å². The van der Waals surface area contributed by atoms with E-state index >= 15 is 0 Å². The van der Waals surface area contributed by atoms with Crippen LogP contribution in [0.2, 0.25) is 0 Å². The van der Waals surface area contributed by atoms with Gasteiger partial charge in [0.1, 0.15) is 0 Å². The zero-order chi connectivity index (χ0) is 11.1. The van der Waals surface area contributed by atoms with Crippen molar-refractivity contribution in [3.05, 3.63) is 12.4 Å². The van der Waals surface area contributed by atoms with Gasteiger partial charge in [0.15, 0.2) is 0 Å². The Balaban J connectivity index is 1.60. The quantitative estimate of drug-likeness (QED) is 0.837. The van der Waals surface area contributed by atoms with E-state index in [1.807, 2.05) is 24.1 Å². The summed E-state index contributed by atoms with van der Waals surface area (Å²) in [5.41, 5.74) is 1.15. The van der Waals surface area contributed by atoms with E-state index in [1.165, 1.54) is 25.8 Å². The third-order valence-corrected chi connectivity index (χ3v) is 3.71. The van der Waals surface area contributed by atoms with E-state index in [-0.39, 0.29) is 0 Å². The molecule has 2 fully saturated rings. The lowest BCUT2D eigenvalue weighted by Gasteiger charge is -2.19. The second-order valence-electron chi connectivity index (χ2n) is 5.26. The van der Waals surface area contributed by atoms with Crippen LogP contribution in [-0.2, 0) is 7.05 Å². The van der Waals surface area contributed by atoms with E-state index in [4.69, 9.17) is 0 Å². The molecule has 0 radical (unpaired) electrons. The first kappa shape index (κ1) is 10.1. The Labute approximate surface area is 96.6 Å². The summed E-state index contributed by atoms with van der Waals surface area (Å²) in [6.07, 6.45) is 8.02. The number of aryl methyl sites for hydroxylation is 1. The molecule has 88 valence electrons. The van der Waals surface area contributed by atoms with Crippen LogP contribution >= 0.6 is 0 Å². The Morgan fingerprint density at radius 1 is 1.44 bits per heavy atom. The summed E-state index contributed by atoms with van der Waals surface area (Å²) in [6.45, 7) is 3.55. The number of rotatable bonds is 3. The minimum atomic E-state index is 0.597. The number of anilines is 1. The third-order valence-electron chi connectivity index (χ3n) is 3.71. The third kappa shape index (κ3) is 1.94. The van der Waals surface area contributed by atoms with Crippen molar-refractivity contribution in [2.45, 2.75) is 44.3 Å². The molecule has 0 bridgehead atoms. The fourth-order valence-electron chi connectivity index (χ4n) is 2.81. The number of hydrogen-bond acceptors (Lipinski definition) is 3. The smallest absolute Gasteiger partial charge is 0.0728 e. The van der Waals surface area contributed by atoms with Crippen molar-refractivity contribution in [1.82, 2.24) is 14.7 Å². The van der Waals surface area contributed by atoms with Crippen molar-refractivity contribution in [2.24, 2.45) is 7.05 Å². The molecule has 1 aromatic rings. The van der Waals surface area contributed by atoms with Gasteiger partial charge in [-0.05, 0) is 26.2 Å². The summed E-state index contributed by atoms with van der Waals surface area (Å²) >= 11 is 0. The van der Waals surface area contributed by atoms with Crippen molar-refractivity contribution in [3.63, 3.8) is 0 Å². The first-order valence-corrected chi connectivity index (χ1v) is 6.23. The standard InChI is InChI=1S/C12H20N4/c1-9-5-10(8-16(9)12-3-4-12)14-11-6-13-15(2)7-11/h6-7,9-10,12,14H,3-5,8H2,1-2H3. The van der Waals surface area contributed by atoms with Crippen LogP contribution in [0.1, 0.15) is 26.2 Å². The molecule has 1 aromatic heterocycles. The van der Waals surface area contributed by atoms with Crippen LogP contribution in [-0.4, -0.2) is 39.4 Å². The molecule has 4 heteroatoms. The zero-order valence-corrected chi connectivity index (χ0v) is 10.1. The maximum Gasteiger partial charge on any atom is 0.0728 e. The maximum atomic E-state index is 4.18. The van der Waals surface area contributed by atoms with Crippen LogP contribution in [0.5, 0.6) is 0 Å². The Kier molecular flexibility index (Phi) is 2.39. The second kappa shape index (κ2) is 3.77. The molecule has 2 atom stereocenters. The topological polar surface area (TPSA) is 33.1 Å². The van der Waals surface area contributed by atoms with E-state index < -0.39 is 0 Å². The second-order valence-corrected chi connectivity index (χ2v) is 5.26. The van der Waals surface area contributed by atoms with E-state index in [9.17, 15) is 0 Å². The molecule has 4 nitrogen and oxygen atoms in total. The molecule has 2 unspecified atom stereocenters. The maximum absolute atomic E-state index is 4.18. The van der Waals surface area contributed by atoms with Gasteiger partial charge >= 0.3 is 0 Å². The monoisotopic (exact) mass is 220 g/mol. The Morgan fingerprint density at radius 3 is 2.88 bits per heavy atom. The Bertz CT molecular complexity index is 369. The highest BCUT2D eigenvalue weighted by molar-refractivity contribution is 5.39. The van der Waals surface area contributed by atoms with E-state index in [0.29, 0.717) is 6.04 Å². The average molecular weight is 220 g/mol. The van der Waals surface area contributed by atoms with Crippen LogP contribution in [0.15, 0.2) is 12.4 Å². The van der Waals surface area contributed by atoms with Crippen LogP contribution in [0, 0.1) is 0 Å². The molecule has 0 spiro atoms. The number of nitrogens with zero attached hydrogens (tertiary/aromatic N) is 3. The molecular formula is C12H20N4. The normalized spacial score (nSPS) is 30.9. The van der Waals surface area contributed by atoms with Crippen molar-refractivity contribution >= 4 is 5.69 Å². The molecule has 16 heavy (non-hydrogen) atoms. The molecule has 2 aliphatic rings. The van der Waals surface area contributed by atoms with Crippen LogP contribution in [0.25, 0.3) is 0 Å². The minimum absolute atomic E-state index is 0.597. The molecule has 0 aromatic carbocycles. The predicted octanol–water partition coefficient (Wildman–Crippen LogP) is 1.46. The average Bonchev–Trinajstić information content (AvgIpc) is 2.91. The summed E-state index contributed by atoms with van der Waals surface area (Å²) in [6, 6.07) is 2.22. The zero-order valence-electron chi connectivity index (χ0n) is 10.1. The van der Waals surface area contributed by atoms with Crippen LogP contribution < -0.4 is 5.32 Å². The van der Waals surface area contributed by atoms with Crippen molar-refractivity contribution in [2.75, 3.05) is 11.9 Å². The van der Waals surface area contributed by atoms with Gasteiger partial charge in [-0.2, -0.15) is 5.10 Å². The highest BCUT2D eigenvalue weighted by Gasteiger charge is 2.38. The molecule has 0 amide bonds. The van der Waals surface area contributed by atoms with Crippen LogP contribution in [0.3, 0.4) is 0 Å². The Hall–Kier alpha value is -1.03. The molecular weight excluding hydrogens is 200 g/mol. The van der Waals surface area contributed by atoms with Gasteiger partial charge in [-0.3, -0.25) is 9.58 Å². The number of aromatic nitrogens is 2. The molecule has 1 saturated heterocycles. The van der Waals surface area contributed by atoms with Crippen molar-refractivity contribution in [1.29, 1.82) is 0 Å². The first-order chi connectivity index (χ1) is 7.72. The summed E-state index contributed by atoms with van der Waals surface area (Å²) in [5, 5.41) is 7.76. The minimum Gasteiger partial charge on any atom is -0.378 e. The highest BCUT2D eigenvalue weighted by atomic mass is 15.3. The SMILES string of the molecule is CC1CC(Nc2cnn(C)c2)CN1C1CC1. The fraction of sp³-hybridized carbons (Fsp3) is 0.750. The lowest BCUT2D eigenvalue weighted by molar-refractivity contribution is 0.257. The largest absolute Gasteiger partial charge is 0.378 e. The van der Waals surface area contributed by atoms with Gasteiger partial charge in [-0.1, -0.05) is 0 Å². The molecule has 1 N–H and O–H groups in total. The number of nitrogens with one attached hydrogen (secondary N) is 1. The fourth-order valence-corrected chi connectivity index (χ4v) is 2.81. The lowest BCUT2D eigenvalue weighted by Crippen LogP contribution is -2.30. The van der Waals surface area contributed by atoms with Gasteiger partial charge in [-0.15, -0.1) is 0 Å². The molecule has 3 rings (SSSR count). The first-order valence-electron chi connectivity index (χ1n) is 6.23. The van der Waals surface area contributed by atoms with Gasteiger partial charge in [0.25, 0.3) is 0 Å². The van der Waals surface area contributed by atoms with E-state index in [1.54, 1.807) is 0 Å². The lowest BCUT2D eigenvalue weighted by atomic mass is 10.2. The van der Waals surface area contributed by atoms with Crippen molar-refractivity contribution in [3.8, 4) is 0 Å². The Morgan fingerprint density at radius 2 is 2.25 bits per heavy atom.